The molecule has 7 heteroatoms. The summed E-state index contributed by atoms with van der Waals surface area (Å²) < 4.78 is 0. The van der Waals surface area contributed by atoms with E-state index in [9.17, 15) is 9.59 Å². The van der Waals surface area contributed by atoms with Crippen LogP contribution in [0.4, 0.5) is 11.6 Å². The van der Waals surface area contributed by atoms with E-state index in [1.807, 2.05) is 13.8 Å². The van der Waals surface area contributed by atoms with Crippen LogP contribution in [0.3, 0.4) is 0 Å². The molecular formula is C13H19N5O2. The lowest BCUT2D eigenvalue weighted by atomic mass is 10.2. The zero-order chi connectivity index (χ0) is 14.7. The molecule has 1 aromatic heterocycles. The molecule has 2 heterocycles. The summed E-state index contributed by atoms with van der Waals surface area (Å²) >= 11 is 0. The van der Waals surface area contributed by atoms with E-state index >= 15 is 0 Å². The minimum atomic E-state index is -0.429. The highest BCUT2D eigenvalue weighted by Gasteiger charge is 2.31. The molecule has 0 saturated carbocycles. The molecule has 2 rings (SSSR count). The third-order valence-electron chi connectivity index (χ3n) is 3.15. The summed E-state index contributed by atoms with van der Waals surface area (Å²) in [4.78, 5) is 33.7. The Hall–Kier alpha value is -2.18. The number of aryl methyl sites for hydroxylation is 1. The van der Waals surface area contributed by atoms with Gasteiger partial charge in [-0.1, -0.05) is 6.92 Å². The molecule has 2 N–H and O–H groups in total. The van der Waals surface area contributed by atoms with Gasteiger partial charge in [0, 0.05) is 19.0 Å². The summed E-state index contributed by atoms with van der Waals surface area (Å²) in [6.07, 6.45) is 0.689. The second kappa shape index (κ2) is 5.85. The van der Waals surface area contributed by atoms with E-state index in [1.165, 1.54) is 0 Å². The number of nitrogens with zero attached hydrogens (tertiary/aromatic N) is 3. The van der Waals surface area contributed by atoms with E-state index in [2.05, 4.69) is 20.6 Å². The third-order valence-corrected chi connectivity index (χ3v) is 3.15. The Morgan fingerprint density at radius 2 is 2.15 bits per heavy atom. The standard InChI is InChI=1S/C13H19N5O2/c1-4-9-15-10(14-5-2)6-11(16-9)18-7-12(19)17-13(20)8(18)3/h6,8H,4-5,7H2,1-3H3,(H,14,15,16)(H,17,19,20). The number of aromatic nitrogens is 2. The van der Waals surface area contributed by atoms with Crippen LogP contribution in [-0.4, -0.2) is 40.9 Å². The number of hydrogen-bond acceptors (Lipinski definition) is 6. The zero-order valence-corrected chi connectivity index (χ0v) is 11.9. The lowest BCUT2D eigenvalue weighted by Crippen LogP contribution is -2.57. The van der Waals surface area contributed by atoms with Crippen molar-refractivity contribution in [2.75, 3.05) is 23.3 Å². The number of amides is 2. The lowest BCUT2D eigenvalue weighted by molar-refractivity contribution is -0.132. The Kier molecular flexibility index (Phi) is 4.16. The fourth-order valence-corrected chi connectivity index (χ4v) is 2.05. The molecule has 2 amide bonds. The first-order chi connectivity index (χ1) is 9.55. The van der Waals surface area contributed by atoms with Gasteiger partial charge >= 0.3 is 0 Å². The van der Waals surface area contributed by atoms with Crippen LogP contribution in [0, 0.1) is 0 Å². The summed E-state index contributed by atoms with van der Waals surface area (Å²) in [5.41, 5.74) is 0. The second-order valence-corrected chi connectivity index (χ2v) is 4.63. The Morgan fingerprint density at radius 3 is 2.80 bits per heavy atom. The molecule has 1 aromatic rings. The molecule has 20 heavy (non-hydrogen) atoms. The van der Waals surface area contributed by atoms with Crippen LogP contribution in [0.1, 0.15) is 26.6 Å². The summed E-state index contributed by atoms with van der Waals surface area (Å²) in [5, 5.41) is 5.45. The van der Waals surface area contributed by atoms with Crippen LogP contribution in [0.25, 0.3) is 0 Å². The molecule has 7 nitrogen and oxygen atoms in total. The van der Waals surface area contributed by atoms with Crippen LogP contribution in [0.2, 0.25) is 0 Å². The number of hydrogen-bond donors (Lipinski definition) is 2. The van der Waals surface area contributed by atoms with Crippen molar-refractivity contribution in [2.45, 2.75) is 33.2 Å². The molecule has 1 unspecified atom stereocenters. The largest absolute Gasteiger partial charge is 0.370 e. The highest BCUT2D eigenvalue weighted by Crippen LogP contribution is 2.20. The highest BCUT2D eigenvalue weighted by atomic mass is 16.2. The first-order valence-corrected chi connectivity index (χ1v) is 6.77. The lowest BCUT2D eigenvalue weighted by Gasteiger charge is -2.32. The Bertz CT molecular complexity index is 531. The Labute approximate surface area is 117 Å². The van der Waals surface area contributed by atoms with E-state index in [0.717, 1.165) is 6.54 Å². The maximum Gasteiger partial charge on any atom is 0.249 e. The molecule has 0 radical (unpaired) electrons. The van der Waals surface area contributed by atoms with Crippen LogP contribution in [0.5, 0.6) is 0 Å². The van der Waals surface area contributed by atoms with E-state index in [-0.39, 0.29) is 18.4 Å². The van der Waals surface area contributed by atoms with Gasteiger partial charge in [-0.3, -0.25) is 14.9 Å². The summed E-state index contributed by atoms with van der Waals surface area (Å²) in [7, 11) is 0. The van der Waals surface area contributed by atoms with E-state index in [0.29, 0.717) is 23.9 Å². The smallest absolute Gasteiger partial charge is 0.249 e. The van der Waals surface area contributed by atoms with Crippen molar-refractivity contribution >= 4 is 23.5 Å². The van der Waals surface area contributed by atoms with E-state index < -0.39 is 6.04 Å². The van der Waals surface area contributed by atoms with Gasteiger partial charge in [0.05, 0.1) is 6.54 Å². The molecule has 1 atom stereocenters. The van der Waals surface area contributed by atoms with Crippen LogP contribution in [-0.2, 0) is 16.0 Å². The monoisotopic (exact) mass is 277 g/mol. The van der Waals surface area contributed by atoms with Gasteiger partial charge in [0.1, 0.15) is 23.5 Å². The van der Waals surface area contributed by atoms with Gasteiger partial charge in [-0.25, -0.2) is 9.97 Å². The number of nitrogens with one attached hydrogen (secondary N) is 2. The molecule has 0 aromatic carbocycles. The van der Waals surface area contributed by atoms with Gasteiger partial charge in [-0.05, 0) is 13.8 Å². The minimum absolute atomic E-state index is 0.124. The van der Waals surface area contributed by atoms with Gasteiger partial charge in [0.2, 0.25) is 11.8 Å². The van der Waals surface area contributed by atoms with Crippen molar-refractivity contribution in [3.8, 4) is 0 Å². The highest BCUT2D eigenvalue weighted by molar-refractivity contribution is 6.04. The number of carbonyl (C=O) groups is 2. The van der Waals surface area contributed by atoms with Gasteiger partial charge < -0.3 is 10.2 Å². The number of anilines is 2. The molecule has 1 fully saturated rings. The maximum atomic E-state index is 11.7. The van der Waals surface area contributed by atoms with Crippen LogP contribution >= 0.6 is 0 Å². The van der Waals surface area contributed by atoms with Gasteiger partial charge in [-0.15, -0.1) is 0 Å². The van der Waals surface area contributed by atoms with Crippen LogP contribution in [0.15, 0.2) is 6.07 Å². The summed E-state index contributed by atoms with van der Waals surface area (Å²) in [5.74, 6) is 1.38. The summed E-state index contributed by atoms with van der Waals surface area (Å²) in [6.45, 7) is 6.57. The molecular weight excluding hydrogens is 258 g/mol. The molecule has 1 aliphatic rings. The number of piperazine rings is 1. The second-order valence-electron chi connectivity index (χ2n) is 4.63. The SMILES string of the molecule is CCNc1cc(N2CC(=O)NC(=O)C2C)nc(CC)n1. The quantitative estimate of drug-likeness (QED) is 0.771. The minimum Gasteiger partial charge on any atom is -0.370 e. The van der Waals surface area contributed by atoms with Crippen molar-refractivity contribution in [1.82, 2.24) is 15.3 Å². The first kappa shape index (κ1) is 14.2. The number of imide groups is 1. The van der Waals surface area contributed by atoms with Crippen molar-refractivity contribution in [3.63, 3.8) is 0 Å². The normalized spacial score (nSPS) is 18.9. The molecule has 1 saturated heterocycles. The van der Waals surface area contributed by atoms with Crippen molar-refractivity contribution in [3.05, 3.63) is 11.9 Å². The van der Waals surface area contributed by atoms with Crippen molar-refractivity contribution < 1.29 is 9.59 Å². The van der Waals surface area contributed by atoms with Crippen molar-refractivity contribution in [1.29, 1.82) is 0 Å². The molecule has 0 spiro atoms. The Morgan fingerprint density at radius 1 is 1.40 bits per heavy atom. The average molecular weight is 277 g/mol. The number of rotatable bonds is 4. The third kappa shape index (κ3) is 2.87. The fourth-order valence-electron chi connectivity index (χ4n) is 2.05. The number of carbonyl (C=O) groups excluding carboxylic acids is 2. The van der Waals surface area contributed by atoms with Crippen molar-refractivity contribution in [2.24, 2.45) is 0 Å². The molecule has 1 aliphatic heterocycles. The predicted molar refractivity (Wildman–Crippen MR) is 75.5 cm³/mol. The average Bonchev–Trinajstić information content (AvgIpc) is 2.42. The maximum absolute atomic E-state index is 11.7. The fraction of sp³-hybridized carbons (Fsp3) is 0.538. The predicted octanol–water partition coefficient (Wildman–Crippen LogP) is 0.322. The molecule has 0 bridgehead atoms. The van der Waals surface area contributed by atoms with Gasteiger partial charge in [0.15, 0.2) is 0 Å². The molecule has 108 valence electrons. The van der Waals surface area contributed by atoms with Crippen LogP contribution < -0.4 is 15.5 Å². The zero-order valence-electron chi connectivity index (χ0n) is 11.9. The molecule has 0 aliphatic carbocycles. The van der Waals surface area contributed by atoms with E-state index in [4.69, 9.17) is 0 Å². The summed E-state index contributed by atoms with van der Waals surface area (Å²) in [6, 6.07) is 1.34. The van der Waals surface area contributed by atoms with Gasteiger partial charge in [-0.2, -0.15) is 0 Å². The van der Waals surface area contributed by atoms with E-state index in [1.54, 1.807) is 17.9 Å². The Balaban J connectivity index is 2.36. The van der Waals surface area contributed by atoms with Gasteiger partial charge in [0.25, 0.3) is 0 Å². The topological polar surface area (TPSA) is 87.2 Å². The first-order valence-electron chi connectivity index (χ1n) is 6.77.